The molecule has 0 radical (unpaired) electrons. The molecular formula is C26H38N2O2. The minimum atomic E-state index is 0.290. The molecule has 1 aliphatic heterocycles. The number of ether oxygens (including phenoxy) is 2. The van der Waals surface area contributed by atoms with Crippen LogP contribution in [0.4, 0.5) is 5.69 Å². The molecule has 2 atom stereocenters. The maximum atomic E-state index is 6.15. The number of hydrogen-bond donors (Lipinski definition) is 0. The second-order valence-electron chi connectivity index (χ2n) is 8.49. The average Bonchev–Trinajstić information content (AvgIpc) is 2.94. The van der Waals surface area contributed by atoms with Crippen molar-refractivity contribution in [2.45, 2.75) is 46.2 Å². The van der Waals surface area contributed by atoms with Gasteiger partial charge in [0, 0.05) is 19.6 Å². The fraction of sp³-hybridized carbons (Fsp3) is 0.538. The Morgan fingerprint density at radius 1 is 1.00 bits per heavy atom. The van der Waals surface area contributed by atoms with E-state index in [0.29, 0.717) is 12.0 Å². The Kier molecular flexibility index (Phi) is 8.59. The molecule has 2 unspecified atom stereocenters. The Balaban J connectivity index is 1.92. The van der Waals surface area contributed by atoms with Crippen LogP contribution in [-0.2, 0) is 4.74 Å². The van der Waals surface area contributed by atoms with Crippen LogP contribution in [-0.4, -0.2) is 50.4 Å². The summed E-state index contributed by atoms with van der Waals surface area (Å²) in [7, 11) is 0. The molecule has 3 rings (SSSR count). The highest BCUT2D eigenvalue weighted by molar-refractivity contribution is 5.60. The van der Waals surface area contributed by atoms with Crippen LogP contribution in [0.3, 0.4) is 0 Å². The molecule has 0 amide bonds. The minimum Gasteiger partial charge on any atom is -0.491 e. The van der Waals surface area contributed by atoms with E-state index in [1.165, 1.54) is 11.3 Å². The van der Waals surface area contributed by atoms with Gasteiger partial charge in [0.2, 0.25) is 0 Å². The number of anilines is 1. The van der Waals surface area contributed by atoms with Crippen LogP contribution in [0, 0.1) is 5.92 Å². The lowest BCUT2D eigenvalue weighted by molar-refractivity contribution is 0.0514. The van der Waals surface area contributed by atoms with Gasteiger partial charge in [-0.3, -0.25) is 4.90 Å². The van der Waals surface area contributed by atoms with E-state index in [-0.39, 0.29) is 6.04 Å². The van der Waals surface area contributed by atoms with Gasteiger partial charge in [0.1, 0.15) is 5.75 Å². The van der Waals surface area contributed by atoms with Gasteiger partial charge in [-0.05, 0) is 36.7 Å². The zero-order chi connectivity index (χ0) is 21.3. The first kappa shape index (κ1) is 22.6. The number of benzene rings is 2. The van der Waals surface area contributed by atoms with Crippen molar-refractivity contribution in [3.8, 4) is 5.75 Å². The number of hydrogen-bond acceptors (Lipinski definition) is 4. The molecule has 0 saturated carbocycles. The van der Waals surface area contributed by atoms with Crippen LogP contribution in [0.1, 0.15) is 45.7 Å². The van der Waals surface area contributed by atoms with Gasteiger partial charge in [-0.25, -0.2) is 0 Å². The maximum Gasteiger partial charge on any atom is 0.142 e. The Hall–Kier alpha value is -2.04. The van der Waals surface area contributed by atoms with Crippen molar-refractivity contribution in [1.29, 1.82) is 0 Å². The number of fused-ring (bicyclic) bond motifs is 1. The second kappa shape index (κ2) is 11.4. The van der Waals surface area contributed by atoms with Crippen molar-refractivity contribution < 1.29 is 9.47 Å². The molecule has 0 saturated heterocycles. The molecule has 0 bridgehead atoms. The number of para-hydroxylation sites is 2. The fourth-order valence-electron chi connectivity index (χ4n) is 4.35. The third-order valence-corrected chi connectivity index (χ3v) is 5.88. The van der Waals surface area contributed by atoms with E-state index in [0.717, 1.165) is 51.6 Å². The van der Waals surface area contributed by atoms with E-state index in [4.69, 9.17) is 9.47 Å². The summed E-state index contributed by atoms with van der Waals surface area (Å²) in [6, 6.07) is 19.9. The third-order valence-electron chi connectivity index (χ3n) is 5.88. The van der Waals surface area contributed by atoms with Crippen molar-refractivity contribution in [3.63, 3.8) is 0 Å². The van der Waals surface area contributed by atoms with E-state index in [1.807, 2.05) is 0 Å². The van der Waals surface area contributed by atoms with Crippen LogP contribution in [0.15, 0.2) is 54.6 Å². The van der Waals surface area contributed by atoms with E-state index in [9.17, 15) is 0 Å². The number of rotatable bonds is 10. The van der Waals surface area contributed by atoms with E-state index in [1.54, 1.807) is 0 Å². The summed E-state index contributed by atoms with van der Waals surface area (Å²) in [6.45, 7) is 14.1. The normalized spacial score (nSPS) is 17.5. The zero-order valence-electron chi connectivity index (χ0n) is 19.1. The molecule has 30 heavy (non-hydrogen) atoms. The van der Waals surface area contributed by atoms with Crippen LogP contribution < -0.4 is 9.64 Å². The Labute approximate surface area is 182 Å². The Morgan fingerprint density at radius 2 is 1.70 bits per heavy atom. The molecule has 0 N–H and O–H groups in total. The standard InChI is InChI=1S/C26H38N2O2/c1-5-27(6-2)23(20-29-19-21(3)4)18-28-24(22-12-8-7-9-13-22)16-17-30-26-15-11-10-14-25(26)28/h7-15,21,23-24H,5-6,16-20H2,1-4H3. The molecular weight excluding hydrogens is 372 g/mol. The molecule has 0 aliphatic carbocycles. The van der Waals surface area contributed by atoms with Gasteiger partial charge >= 0.3 is 0 Å². The Morgan fingerprint density at radius 3 is 2.40 bits per heavy atom. The summed E-state index contributed by atoms with van der Waals surface area (Å²) >= 11 is 0. The van der Waals surface area contributed by atoms with E-state index < -0.39 is 0 Å². The fourth-order valence-corrected chi connectivity index (χ4v) is 4.35. The zero-order valence-corrected chi connectivity index (χ0v) is 19.1. The first-order valence-electron chi connectivity index (χ1n) is 11.5. The largest absolute Gasteiger partial charge is 0.491 e. The first-order valence-corrected chi connectivity index (χ1v) is 11.5. The molecule has 2 aromatic carbocycles. The maximum absolute atomic E-state index is 6.15. The molecule has 4 nitrogen and oxygen atoms in total. The molecule has 2 aromatic rings. The third kappa shape index (κ3) is 5.77. The van der Waals surface area contributed by atoms with Crippen LogP contribution in [0.25, 0.3) is 0 Å². The van der Waals surface area contributed by atoms with Gasteiger partial charge in [-0.2, -0.15) is 0 Å². The van der Waals surface area contributed by atoms with E-state index in [2.05, 4.69) is 92.1 Å². The highest BCUT2D eigenvalue weighted by Crippen LogP contribution is 2.39. The number of likely N-dealkylation sites (N-methyl/N-ethyl adjacent to an activating group) is 1. The number of nitrogens with zero attached hydrogens (tertiary/aromatic N) is 2. The molecule has 0 spiro atoms. The topological polar surface area (TPSA) is 24.9 Å². The van der Waals surface area contributed by atoms with E-state index >= 15 is 0 Å². The molecule has 0 aromatic heterocycles. The van der Waals surface area contributed by atoms with Crippen LogP contribution >= 0.6 is 0 Å². The van der Waals surface area contributed by atoms with Gasteiger partial charge in [0.15, 0.2) is 0 Å². The highest BCUT2D eigenvalue weighted by atomic mass is 16.5. The van der Waals surface area contributed by atoms with Crippen molar-refractivity contribution >= 4 is 5.69 Å². The van der Waals surface area contributed by atoms with Crippen LogP contribution in [0.5, 0.6) is 5.75 Å². The lowest BCUT2D eigenvalue weighted by atomic mass is 10.0. The second-order valence-corrected chi connectivity index (χ2v) is 8.49. The summed E-state index contributed by atoms with van der Waals surface area (Å²) in [4.78, 5) is 5.08. The summed E-state index contributed by atoms with van der Waals surface area (Å²) in [5.74, 6) is 1.53. The van der Waals surface area contributed by atoms with Gasteiger partial charge in [0.25, 0.3) is 0 Å². The van der Waals surface area contributed by atoms with Gasteiger partial charge < -0.3 is 14.4 Å². The lowest BCUT2D eigenvalue weighted by Crippen LogP contribution is -2.47. The van der Waals surface area contributed by atoms with Gasteiger partial charge in [-0.1, -0.05) is 70.2 Å². The van der Waals surface area contributed by atoms with Gasteiger partial charge in [-0.15, -0.1) is 0 Å². The molecule has 0 fully saturated rings. The van der Waals surface area contributed by atoms with Gasteiger partial charge in [0.05, 0.1) is 31.0 Å². The minimum absolute atomic E-state index is 0.290. The molecule has 4 heteroatoms. The smallest absolute Gasteiger partial charge is 0.142 e. The predicted molar refractivity (Wildman–Crippen MR) is 125 cm³/mol. The highest BCUT2D eigenvalue weighted by Gasteiger charge is 2.30. The summed E-state index contributed by atoms with van der Waals surface area (Å²) in [5, 5.41) is 0. The molecule has 1 heterocycles. The monoisotopic (exact) mass is 410 g/mol. The predicted octanol–water partition coefficient (Wildman–Crippen LogP) is 5.40. The van der Waals surface area contributed by atoms with Crippen molar-refractivity contribution in [1.82, 2.24) is 4.90 Å². The van der Waals surface area contributed by atoms with Crippen LogP contribution in [0.2, 0.25) is 0 Å². The summed E-state index contributed by atoms with van der Waals surface area (Å²) in [5.41, 5.74) is 2.53. The van der Waals surface area contributed by atoms with Crippen molar-refractivity contribution in [3.05, 3.63) is 60.2 Å². The molecule has 1 aliphatic rings. The van der Waals surface area contributed by atoms with Crippen molar-refractivity contribution in [2.75, 3.05) is 44.4 Å². The quantitative estimate of drug-likeness (QED) is 0.524. The molecule has 164 valence electrons. The summed E-state index contributed by atoms with van der Waals surface area (Å²) in [6.07, 6.45) is 0.969. The SMILES string of the molecule is CCN(CC)C(COCC(C)C)CN1c2ccccc2OCCC1c1ccccc1. The first-order chi connectivity index (χ1) is 14.6. The lowest BCUT2D eigenvalue weighted by Gasteiger charge is -2.39. The summed E-state index contributed by atoms with van der Waals surface area (Å²) < 4.78 is 12.3. The average molecular weight is 411 g/mol. The van der Waals surface area contributed by atoms with Crippen molar-refractivity contribution in [2.24, 2.45) is 5.92 Å². The Bertz CT molecular complexity index is 746.